The average Bonchev–Trinajstić information content (AvgIpc) is 2.96. The zero-order valence-electron chi connectivity index (χ0n) is 9.66. The zero-order valence-corrected chi connectivity index (χ0v) is 9.66. The fourth-order valence-corrected chi connectivity index (χ4v) is 2.68. The molecule has 17 heavy (non-hydrogen) atoms. The molecule has 3 heterocycles. The van der Waals surface area contributed by atoms with Crippen molar-refractivity contribution in [1.29, 1.82) is 0 Å². The third-order valence-electron chi connectivity index (χ3n) is 3.43. The normalized spacial score (nSPS) is 21.4. The number of imidazole rings is 1. The minimum absolute atomic E-state index is 0.217. The fraction of sp³-hybridized carbons (Fsp3) is 0.500. The molecule has 5 nitrogen and oxygen atoms in total. The van der Waals surface area contributed by atoms with Crippen molar-refractivity contribution in [1.82, 2.24) is 19.3 Å². The molecule has 1 fully saturated rings. The van der Waals surface area contributed by atoms with Gasteiger partial charge in [0.05, 0.1) is 12.6 Å². The van der Waals surface area contributed by atoms with Gasteiger partial charge in [0.15, 0.2) is 0 Å². The third-order valence-corrected chi connectivity index (χ3v) is 3.43. The summed E-state index contributed by atoms with van der Waals surface area (Å²) >= 11 is 0. The van der Waals surface area contributed by atoms with E-state index in [2.05, 4.69) is 20.9 Å². The Morgan fingerprint density at radius 1 is 1.35 bits per heavy atom. The lowest BCUT2D eigenvalue weighted by atomic mass is 10.1. The maximum atomic E-state index is 9.09. The van der Waals surface area contributed by atoms with Crippen molar-refractivity contribution >= 4 is 5.78 Å². The van der Waals surface area contributed by atoms with Crippen molar-refractivity contribution in [2.24, 2.45) is 0 Å². The highest BCUT2D eigenvalue weighted by Crippen LogP contribution is 2.31. The lowest BCUT2D eigenvalue weighted by molar-refractivity contribution is 0.183. The third kappa shape index (κ3) is 1.81. The summed E-state index contributed by atoms with van der Waals surface area (Å²) < 4.78 is 2.04. The minimum Gasteiger partial charge on any atom is -0.395 e. The lowest BCUT2D eigenvalue weighted by Gasteiger charge is -2.24. The summed E-state index contributed by atoms with van der Waals surface area (Å²) in [5.74, 6) is 0.748. The van der Waals surface area contributed by atoms with Crippen LogP contribution in [0.15, 0.2) is 24.7 Å². The number of aliphatic hydroxyl groups excluding tert-OH is 1. The highest BCUT2D eigenvalue weighted by molar-refractivity contribution is 5.31. The van der Waals surface area contributed by atoms with E-state index < -0.39 is 0 Å². The van der Waals surface area contributed by atoms with Gasteiger partial charge in [0.1, 0.15) is 0 Å². The van der Waals surface area contributed by atoms with Crippen LogP contribution in [0.5, 0.6) is 0 Å². The van der Waals surface area contributed by atoms with Gasteiger partial charge in [0.25, 0.3) is 0 Å². The van der Waals surface area contributed by atoms with E-state index in [0.717, 1.165) is 25.3 Å². The molecular weight excluding hydrogens is 216 g/mol. The van der Waals surface area contributed by atoms with Gasteiger partial charge in [-0.3, -0.25) is 9.30 Å². The molecule has 0 amide bonds. The number of aliphatic hydroxyl groups is 1. The second-order valence-corrected chi connectivity index (χ2v) is 4.38. The molecule has 0 saturated carbocycles. The Morgan fingerprint density at radius 2 is 2.24 bits per heavy atom. The maximum absolute atomic E-state index is 9.09. The monoisotopic (exact) mass is 232 g/mol. The van der Waals surface area contributed by atoms with E-state index in [4.69, 9.17) is 5.11 Å². The Hall–Kier alpha value is -1.46. The molecular formula is C12H16N4O. The van der Waals surface area contributed by atoms with E-state index in [1.165, 1.54) is 12.1 Å². The first-order valence-electron chi connectivity index (χ1n) is 6.03. The highest BCUT2D eigenvalue weighted by Gasteiger charge is 2.27. The first-order valence-corrected chi connectivity index (χ1v) is 6.03. The number of nitrogens with zero attached hydrogens (tertiary/aromatic N) is 4. The minimum atomic E-state index is 0.217. The van der Waals surface area contributed by atoms with E-state index in [1.807, 2.05) is 16.8 Å². The zero-order chi connectivity index (χ0) is 11.7. The summed E-state index contributed by atoms with van der Waals surface area (Å²) in [4.78, 5) is 10.8. The number of aromatic nitrogens is 3. The Kier molecular flexibility index (Phi) is 2.78. The Labute approximate surface area is 99.7 Å². The Balaban J connectivity index is 1.99. The summed E-state index contributed by atoms with van der Waals surface area (Å²) in [5, 5.41) is 9.09. The van der Waals surface area contributed by atoms with Gasteiger partial charge in [-0.25, -0.2) is 9.97 Å². The second kappa shape index (κ2) is 4.43. The molecule has 90 valence electrons. The van der Waals surface area contributed by atoms with Crippen molar-refractivity contribution < 1.29 is 5.11 Å². The topological polar surface area (TPSA) is 53.7 Å². The number of likely N-dealkylation sites (tertiary alicyclic amines) is 1. The Bertz CT molecular complexity index is 510. The van der Waals surface area contributed by atoms with Gasteiger partial charge < -0.3 is 5.11 Å². The van der Waals surface area contributed by atoms with Gasteiger partial charge in [-0.05, 0) is 25.5 Å². The summed E-state index contributed by atoms with van der Waals surface area (Å²) in [7, 11) is 0. The number of rotatable bonds is 3. The molecule has 1 atom stereocenters. The van der Waals surface area contributed by atoms with E-state index in [9.17, 15) is 0 Å². The Morgan fingerprint density at radius 3 is 3.12 bits per heavy atom. The van der Waals surface area contributed by atoms with Crippen molar-refractivity contribution in [3.05, 3.63) is 30.4 Å². The molecule has 1 unspecified atom stereocenters. The maximum Gasteiger partial charge on any atom is 0.233 e. The number of fused-ring (bicyclic) bond motifs is 1. The molecule has 0 spiro atoms. The quantitative estimate of drug-likeness (QED) is 0.852. The number of hydrogen-bond acceptors (Lipinski definition) is 4. The smallest absolute Gasteiger partial charge is 0.233 e. The largest absolute Gasteiger partial charge is 0.395 e. The van der Waals surface area contributed by atoms with Gasteiger partial charge in [-0.15, -0.1) is 0 Å². The van der Waals surface area contributed by atoms with Crippen molar-refractivity contribution in [3.8, 4) is 0 Å². The van der Waals surface area contributed by atoms with Crippen LogP contribution in [0.2, 0.25) is 0 Å². The van der Waals surface area contributed by atoms with Gasteiger partial charge in [0, 0.05) is 30.8 Å². The first kappa shape index (κ1) is 10.7. The van der Waals surface area contributed by atoms with Crippen LogP contribution in [0.3, 0.4) is 0 Å². The van der Waals surface area contributed by atoms with Crippen molar-refractivity contribution in [2.45, 2.75) is 18.9 Å². The molecule has 0 bridgehead atoms. The van der Waals surface area contributed by atoms with Crippen LogP contribution in [-0.2, 0) is 0 Å². The molecule has 0 radical (unpaired) electrons. The summed E-state index contributed by atoms with van der Waals surface area (Å²) in [5.41, 5.74) is 1.22. The van der Waals surface area contributed by atoms with Crippen molar-refractivity contribution in [3.63, 3.8) is 0 Å². The average molecular weight is 232 g/mol. The van der Waals surface area contributed by atoms with Crippen LogP contribution in [0.1, 0.15) is 24.6 Å². The molecule has 5 heteroatoms. The molecule has 1 aliphatic heterocycles. The van der Waals surface area contributed by atoms with Crippen LogP contribution in [0.4, 0.5) is 0 Å². The molecule has 1 N–H and O–H groups in total. The highest BCUT2D eigenvalue weighted by atomic mass is 16.3. The molecule has 0 aliphatic carbocycles. The molecule has 1 saturated heterocycles. The summed E-state index contributed by atoms with van der Waals surface area (Å²) in [6.07, 6.45) is 7.86. The number of β-amino-alcohol motifs (C(OH)–C–C–N with tert-alkyl or cyclic N) is 1. The van der Waals surface area contributed by atoms with Gasteiger partial charge in [0.2, 0.25) is 5.78 Å². The van der Waals surface area contributed by atoms with E-state index in [1.54, 1.807) is 6.20 Å². The molecule has 1 aliphatic rings. The molecule has 2 aromatic heterocycles. The van der Waals surface area contributed by atoms with Crippen LogP contribution in [-0.4, -0.2) is 44.1 Å². The summed E-state index contributed by atoms with van der Waals surface area (Å²) in [6, 6.07) is 2.43. The van der Waals surface area contributed by atoms with Crippen LogP contribution < -0.4 is 0 Å². The first-order chi connectivity index (χ1) is 8.40. The van der Waals surface area contributed by atoms with Crippen LogP contribution in [0, 0.1) is 0 Å². The predicted octanol–water partition coefficient (Wildman–Crippen LogP) is 0.858. The van der Waals surface area contributed by atoms with E-state index in [-0.39, 0.29) is 6.61 Å². The van der Waals surface area contributed by atoms with Gasteiger partial charge >= 0.3 is 0 Å². The van der Waals surface area contributed by atoms with Gasteiger partial charge in [-0.2, -0.15) is 0 Å². The lowest BCUT2D eigenvalue weighted by Crippen LogP contribution is -2.27. The van der Waals surface area contributed by atoms with E-state index in [0.29, 0.717) is 6.04 Å². The van der Waals surface area contributed by atoms with Crippen LogP contribution >= 0.6 is 0 Å². The van der Waals surface area contributed by atoms with Crippen LogP contribution in [0.25, 0.3) is 5.78 Å². The second-order valence-electron chi connectivity index (χ2n) is 4.38. The standard InChI is InChI=1S/C12H16N4O/c17-9-8-15-6-1-2-10(15)11-3-4-13-12-14-5-7-16(11)12/h3-5,7,10,17H,1-2,6,8-9H2. The predicted molar refractivity (Wildman–Crippen MR) is 63.6 cm³/mol. The molecule has 0 aromatic carbocycles. The molecule has 3 rings (SSSR count). The fourth-order valence-electron chi connectivity index (χ4n) is 2.68. The SMILES string of the molecule is OCCN1CCCC1c1ccnc2nccn12. The van der Waals surface area contributed by atoms with Crippen molar-refractivity contribution in [2.75, 3.05) is 19.7 Å². The van der Waals surface area contributed by atoms with E-state index >= 15 is 0 Å². The summed E-state index contributed by atoms with van der Waals surface area (Å²) in [6.45, 7) is 2.02. The van der Waals surface area contributed by atoms with Gasteiger partial charge in [-0.1, -0.05) is 0 Å². The number of hydrogen-bond donors (Lipinski definition) is 1. The molecule has 2 aromatic rings.